The van der Waals surface area contributed by atoms with Crippen LogP contribution in [-0.2, 0) is 15.0 Å². The number of amides is 2. The molecule has 0 spiro atoms. The summed E-state index contributed by atoms with van der Waals surface area (Å²) in [5.41, 5.74) is 0.789. The van der Waals surface area contributed by atoms with Crippen molar-refractivity contribution in [2.45, 2.75) is 37.8 Å². The Labute approximate surface area is 157 Å². The zero-order valence-corrected chi connectivity index (χ0v) is 15.5. The Morgan fingerprint density at radius 2 is 2.04 bits per heavy atom. The number of nitrogens with zero attached hydrogens (tertiary/aromatic N) is 1. The molecule has 1 aromatic heterocycles. The molecule has 2 aliphatic rings. The second-order valence-corrected chi connectivity index (χ2v) is 7.77. The summed E-state index contributed by atoms with van der Waals surface area (Å²) in [6.45, 7) is 8.37. The van der Waals surface area contributed by atoms with E-state index in [4.69, 9.17) is 0 Å². The molecule has 2 aliphatic heterocycles. The van der Waals surface area contributed by atoms with Gasteiger partial charge in [0, 0.05) is 40.5 Å². The van der Waals surface area contributed by atoms with Crippen molar-refractivity contribution in [3.63, 3.8) is 0 Å². The summed E-state index contributed by atoms with van der Waals surface area (Å²) in [6.07, 6.45) is 4.42. The molecule has 27 heavy (non-hydrogen) atoms. The number of hydrogen-bond acceptors (Lipinski definition) is 3. The van der Waals surface area contributed by atoms with Crippen LogP contribution in [0.5, 0.6) is 0 Å². The summed E-state index contributed by atoms with van der Waals surface area (Å²) in [5, 5.41) is 14.1. The smallest absolute Gasteiger partial charge is 0.277 e. The summed E-state index contributed by atoms with van der Waals surface area (Å²) in [6, 6.07) is 7.82. The highest BCUT2D eigenvalue weighted by Crippen LogP contribution is 2.36. The molecule has 1 aromatic carbocycles. The molecular formula is C21H23N3O3. The number of para-hydroxylation sites is 1. The van der Waals surface area contributed by atoms with Gasteiger partial charge in [0.2, 0.25) is 5.72 Å². The average molecular weight is 365 g/mol. The molecule has 6 nitrogen and oxygen atoms in total. The predicted molar refractivity (Wildman–Crippen MR) is 104 cm³/mol. The molecular weight excluding hydrogens is 342 g/mol. The van der Waals surface area contributed by atoms with Gasteiger partial charge in [0.05, 0.1) is 0 Å². The van der Waals surface area contributed by atoms with Crippen molar-refractivity contribution in [3.05, 3.63) is 53.9 Å². The number of aromatic nitrogens is 1. The average Bonchev–Trinajstić information content (AvgIpc) is 3.22. The SMILES string of the molecule is C=CC(C)(C)c1[nH]c2ccccc2c1/C=C1\NC(=O)[C@@]2(O)CCCN2C1=O. The van der Waals surface area contributed by atoms with Crippen LogP contribution in [-0.4, -0.2) is 39.1 Å². The van der Waals surface area contributed by atoms with Gasteiger partial charge < -0.3 is 20.3 Å². The summed E-state index contributed by atoms with van der Waals surface area (Å²) in [4.78, 5) is 30.1. The quantitative estimate of drug-likeness (QED) is 0.577. The van der Waals surface area contributed by atoms with Crippen molar-refractivity contribution >= 4 is 28.8 Å². The first kappa shape index (κ1) is 17.5. The minimum absolute atomic E-state index is 0.178. The van der Waals surface area contributed by atoms with E-state index in [0.29, 0.717) is 13.0 Å². The summed E-state index contributed by atoms with van der Waals surface area (Å²) in [5.74, 6) is -0.905. The molecule has 0 aliphatic carbocycles. The van der Waals surface area contributed by atoms with E-state index in [-0.39, 0.29) is 23.4 Å². The van der Waals surface area contributed by atoms with Crippen molar-refractivity contribution in [2.24, 2.45) is 0 Å². The molecule has 2 amide bonds. The lowest BCUT2D eigenvalue weighted by atomic mass is 9.86. The van der Waals surface area contributed by atoms with Crippen molar-refractivity contribution < 1.29 is 14.7 Å². The van der Waals surface area contributed by atoms with Crippen LogP contribution in [0.1, 0.15) is 37.9 Å². The van der Waals surface area contributed by atoms with Gasteiger partial charge in [0.25, 0.3) is 11.8 Å². The Kier molecular flexibility index (Phi) is 3.78. The van der Waals surface area contributed by atoms with Gasteiger partial charge >= 0.3 is 0 Å². The monoisotopic (exact) mass is 365 g/mol. The molecule has 140 valence electrons. The topological polar surface area (TPSA) is 85.4 Å². The molecule has 1 atom stereocenters. The Balaban J connectivity index is 1.88. The van der Waals surface area contributed by atoms with Crippen molar-refractivity contribution in [2.75, 3.05) is 6.54 Å². The molecule has 2 fully saturated rings. The minimum atomic E-state index is -1.72. The maximum atomic E-state index is 12.9. The van der Waals surface area contributed by atoms with E-state index in [1.807, 2.05) is 44.2 Å². The Morgan fingerprint density at radius 3 is 2.78 bits per heavy atom. The highest BCUT2D eigenvalue weighted by molar-refractivity contribution is 6.10. The summed E-state index contributed by atoms with van der Waals surface area (Å²) < 4.78 is 0. The fourth-order valence-corrected chi connectivity index (χ4v) is 3.90. The van der Waals surface area contributed by atoms with E-state index in [0.717, 1.165) is 22.2 Å². The molecule has 3 N–H and O–H groups in total. The molecule has 4 rings (SSSR count). The minimum Gasteiger partial charge on any atom is -0.363 e. The standard InChI is InChI=1S/C21H23N3O3/c1-4-20(2,3)17-14(13-8-5-6-9-15(13)22-17)12-16-18(25)24-11-7-10-21(24,27)19(26)23-16/h4-6,8-9,12,22,27H,1,7,10-11H2,2-3H3,(H,23,26)/b16-12-/t21-/m0/s1. The third-order valence-corrected chi connectivity index (χ3v) is 5.63. The summed E-state index contributed by atoms with van der Waals surface area (Å²) in [7, 11) is 0. The fraction of sp³-hybridized carbons (Fsp3) is 0.333. The maximum Gasteiger partial charge on any atom is 0.277 e. The van der Waals surface area contributed by atoms with Gasteiger partial charge in [-0.05, 0) is 18.6 Å². The first-order chi connectivity index (χ1) is 12.8. The number of hydrogen-bond donors (Lipinski definition) is 3. The molecule has 2 aromatic rings. The molecule has 3 heterocycles. The van der Waals surface area contributed by atoms with Crippen LogP contribution in [0, 0.1) is 0 Å². The Bertz CT molecular complexity index is 1000. The van der Waals surface area contributed by atoms with E-state index in [1.54, 1.807) is 6.08 Å². The number of rotatable bonds is 3. The van der Waals surface area contributed by atoms with Gasteiger partial charge in [-0.2, -0.15) is 0 Å². The zero-order chi connectivity index (χ0) is 19.4. The first-order valence-electron chi connectivity index (χ1n) is 9.10. The van der Waals surface area contributed by atoms with Gasteiger partial charge in [-0.25, -0.2) is 0 Å². The van der Waals surface area contributed by atoms with Crippen molar-refractivity contribution in [1.29, 1.82) is 0 Å². The van der Waals surface area contributed by atoms with Gasteiger partial charge in [-0.1, -0.05) is 38.1 Å². The van der Waals surface area contributed by atoms with Crippen molar-refractivity contribution in [1.82, 2.24) is 15.2 Å². The van der Waals surface area contributed by atoms with Crippen LogP contribution in [0.3, 0.4) is 0 Å². The largest absolute Gasteiger partial charge is 0.363 e. The van der Waals surface area contributed by atoms with E-state index in [2.05, 4.69) is 16.9 Å². The number of aromatic amines is 1. The molecule has 2 saturated heterocycles. The van der Waals surface area contributed by atoms with Crippen LogP contribution < -0.4 is 5.32 Å². The van der Waals surface area contributed by atoms with E-state index in [9.17, 15) is 14.7 Å². The highest BCUT2D eigenvalue weighted by atomic mass is 16.3. The second-order valence-electron chi connectivity index (χ2n) is 7.77. The van der Waals surface area contributed by atoms with Gasteiger partial charge in [-0.15, -0.1) is 6.58 Å². The fourth-order valence-electron chi connectivity index (χ4n) is 3.90. The molecule has 6 heteroatoms. The normalized spacial score (nSPS) is 24.4. The number of carbonyl (C=O) groups excluding carboxylic acids is 2. The Hall–Kier alpha value is -2.86. The first-order valence-corrected chi connectivity index (χ1v) is 9.10. The van der Waals surface area contributed by atoms with Crippen LogP contribution in [0.15, 0.2) is 42.6 Å². The highest BCUT2D eigenvalue weighted by Gasteiger charge is 2.52. The lowest BCUT2D eigenvalue weighted by Crippen LogP contribution is -2.63. The van der Waals surface area contributed by atoms with Crippen LogP contribution in [0.25, 0.3) is 17.0 Å². The predicted octanol–water partition coefficient (Wildman–Crippen LogP) is 2.41. The number of nitrogens with one attached hydrogen (secondary N) is 2. The number of allylic oxidation sites excluding steroid dienone is 1. The third kappa shape index (κ3) is 2.51. The number of H-pyrrole nitrogens is 1. The van der Waals surface area contributed by atoms with Crippen LogP contribution in [0.2, 0.25) is 0 Å². The zero-order valence-electron chi connectivity index (χ0n) is 15.5. The van der Waals surface area contributed by atoms with Crippen molar-refractivity contribution in [3.8, 4) is 0 Å². The summed E-state index contributed by atoms with van der Waals surface area (Å²) >= 11 is 0. The number of carbonyl (C=O) groups is 2. The number of benzene rings is 1. The molecule has 0 unspecified atom stereocenters. The lowest BCUT2D eigenvalue weighted by molar-refractivity contribution is -0.170. The van der Waals surface area contributed by atoms with Crippen LogP contribution >= 0.6 is 0 Å². The molecule has 0 bridgehead atoms. The molecule has 0 radical (unpaired) electrons. The lowest BCUT2D eigenvalue weighted by Gasteiger charge is -2.37. The van der Waals surface area contributed by atoms with E-state index < -0.39 is 11.6 Å². The number of piperazine rings is 1. The number of aliphatic hydroxyl groups is 1. The van der Waals surface area contributed by atoms with E-state index in [1.165, 1.54) is 4.90 Å². The second kappa shape index (κ2) is 5.82. The molecule has 0 saturated carbocycles. The third-order valence-electron chi connectivity index (χ3n) is 5.63. The number of fused-ring (bicyclic) bond motifs is 2. The van der Waals surface area contributed by atoms with Crippen LogP contribution in [0.4, 0.5) is 0 Å². The van der Waals surface area contributed by atoms with Gasteiger partial charge in [0.15, 0.2) is 0 Å². The van der Waals surface area contributed by atoms with E-state index >= 15 is 0 Å². The van der Waals surface area contributed by atoms with Gasteiger partial charge in [0.1, 0.15) is 5.70 Å². The van der Waals surface area contributed by atoms with Gasteiger partial charge in [-0.3, -0.25) is 9.59 Å². The Morgan fingerprint density at radius 1 is 1.30 bits per heavy atom. The maximum absolute atomic E-state index is 12.9.